The van der Waals surface area contributed by atoms with E-state index in [0.29, 0.717) is 31.2 Å². The molecule has 142 valence electrons. The molecule has 1 fully saturated rings. The molecule has 0 saturated heterocycles. The van der Waals surface area contributed by atoms with Crippen molar-refractivity contribution in [2.45, 2.75) is 50.8 Å². The van der Waals surface area contributed by atoms with E-state index in [1.807, 2.05) is 0 Å². The predicted molar refractivity (Wildman–Crippen MR) is 97.0 cm³/mol. The van der Waals surface area contributed by atoms with Gasteiger partial charge in [-0.2, -0.15) is 0 Å². The number of hydrogen-bond donors (Lipinski definition) is 5. The minimum atomic E-state index is -1.67. The third-order valence-electron chi connectivity index (χ3n) is 5.55. The summed E-state index contributed by atoms with van der Waals surface area (Å²) in [6, 6.07) is 5.02. The normalized spacial score (nSPS) is 25.6. The van der Waals surface area contributed by atoms with Gasteiger partial charge in [-0.15, -0.1) is 0 Å². The smallest absolute Gasteiger partial charge is 0.534 e. The molecule has 0 spiro atoms. The molecule has 7 nitrogen and oxygen atoms in total. The number of nitrogens with two attached hydrogens (primary N) is 1. The maximum absolute atomic E-state index is 12.4. The van der Waals surface area contributed by atoms with E-state index in [0.717, 1.165) is 31.2 Å². The van der Waals surface area contributed by atoms with Crippen LogP contribution in [-0.2, 0) is 11.2 Å². The first kappa shape index (κ1) is 19.2. The summed E-state index contributed by atoms with van der Waals surface area (Å²) in [5.74, 6) is 0.580. The van der Waals surface area contributed by atoms with E-state index in [-0.39, 0.29) is 17.2 Å². The fraction of sp³-hybridized carbons (Fsp3) is 0.611. The van der Waals surface area contributed by atoms with Gasteiger partial charge in [0.05, 0.1) is 5.94 Å². The van der Waals surface area contributed by atoms with Crippen LogP contribution in [0, 0.1) is 11.8 Å². The number of carbonyl (C=O) groups excluding carboxylic acids is 1. The third-order valence-corrected chi connectivity index (χ3v) is 5.55. The lowest BCUT2D eigenvalue weighted by molar-refractivity contribution is -0.122. The average molecular weight is 362 g/mol. The highest BCUT2D eigenvalue weighted by molar-refractivity contribution is 6.46. The molecule has 1 aliphatic heterocycles. The molecule has 3 rings (SSSR count). The summed E-state index contributed by atoms with van der Waals surface area (Å²) in [6.45, 7) is 0.717. The number of benzene rings is 1. The molecule has 26 heavy (non-hydrogen) atoms. The van der Waals surface area contributed by atoms with Gasteiger partial charge in [0.2, 0.25) is 5.91 Å². The fourth-order valence-electron chi connectivity index (χ4n) is 3.97. The van der Waals surface area contributed by atoms with Crippen molar-refractivity contribution in [2.24, 2.45) is 17.6 Å². The maximum Gasteiger partial charge on any atom is 0.547 e. The average Bonchev–Trinajstić information content (AvgIpc) is 2.62. The van der Waals surface area contributed by atoms with Crippen LogP contribution >= 0.6 is 0 Å². The van der Waals surface area contributed by atoms with Gasteiger partial charge in [0.25, 0.3) is 0 Å². The van der Waals surface area contributed by atoms with E-state index in [4.69, 9.17) is 10.4 Å². The summed E-state index contributed by atoms with van der Waals surface area (Å²) in [4.78, 5) is 12.4. The van der Waals surface area contributed by atoms with Gasteiger partial charge in [-0.1, -0.05) is 18.2 Å². The van der Waals surface area contributed by atoms with Crippen molar-refractivity contribution in [3.05, 3.63) is 29.3 Å². The Morgan fingerprint density at radius 1 is 1.27 bits per heavy atom. The van der Waals surface area contributed by atoms with E-state index in [2.05, 4.69) is 5.32 Å². The molecule has 0 aromatic heterocycles. The van der Waals surface area contributed by atoms with E-state index >= 15 is 0 Å². The summed E-state index contributed by atoms with van der Waals surface area (Å²) in [6.07, 6.45) is 3.32. The van der Waals surface area contributed by atoms with Crippen LogP contribution in [0.4, 0.5) is 0 Å². The Morgan fingerprint density at radius 3 is 2.62 bits per heavy atom. The SMILES string of the molecule is NC[C@H]1CC[C@H](CC(=O)N[C@H]2Cc3cccc(C(O)O)c3OB2O)CC1. The summed E-state index contributed by atoms with van der Waals surface area (Å²) in [7, 11) is -1.22. The van der Waals surface area contributed by atoms with Crippen molar-refractivity contribution in [3.63, 3.8) is 0 Å². The number of nitrogens with one attached hydrogen (secondary N) is 1. The van der Waals surface area contributed by atoms with Crippen LogP contribution in [0.15, 0.2) is 18.2 Å². The van der Waals surface area contributed by atoms with Crippen molar-refractivity contribution in [2.75, 3.05) is 6.54 Å². The van der Waals surface area contributed by atoms with Crippen LogP contribution in [0.5, 0.6) is 5.75 Å². The third kappa shape index (κ3) is 4.38. The van der Waals surface area contributed by atoms with E-state index in [1.165, 1.54) is 6.07 Å². The number of hydrogen-bond acceptors (Lipinski definition) is 6. The van der Waals surface area contributed by atoms with Gasteiger partial charge in [0.15, 0.2) is 6.29 Å². The summed E-state index contributed by atoms with van der Waals surface area (Å²) in [5, 5.41) is 31.9. The van der Waals surface area contributed by atoms with Crippen LogP contribution in [0.25, 0.3) is 0 Å². The Hall–Kier alpha value is -1.61. The number of aliphatic hydroxyl groups is 2. The van der Waals surface area contributed by atoms with E-state index < -0.39 is 19.3 Å². The number of para-hydroxylation sites is 1. The number of amides is 1. The minimum absolute atomic E-state index is 0.0874. The van der Waals surface area contributed by atoms with E-state index in [1.54, 1.807) is 12.1 Å². The quantitative estimate of drug-likeness (QED) is 0.378. The van der Waals surface area contributed by atoms with Gasteiger partial charge in [-0.3, -0.25) is 4.79 Å². The first-order chi connectivity index (χ1) is 12.5. The van der Waals surface area contributed by atoms with Crippen LogP contribution in [0.3, 0.4) is 0 Å². The molecule has 1 aromatic carbocycles. The van der Waals surface area contributed by atoms with Crippen molar-refractivity contribution in [1.29, 1.82) is 0 Å². The first-order valence-electron chi connectivity index (χ1n) is 9.30. The molecular formula is C18H27BN2O5. The predicted octanol–water partition coefficient (Wildman–Crippen LogP) is 0.264. The van der Waals surface area contributed by atoms with Crippen LogP contribution in [0.2, 0.25) is 0 Å². The van der Waals surface area contributed by atoms with Gasteiger partial charge in [0.1, 0.15) is 5.75 Å². The molecule has 6 N–H and O–H groups in total. The Morgan fingerprint density at radius 2 is 1.96 bits per heavy atom. The molecule has 0 bridgehead atoms. The second kappa shape index (κ2) is 8.39. The lowest BCUT2D eigenvalue weighted by atomic mass is 9.72. The molecule has 1 heterocycles. The van der Waals surface area contributed by atoms with Gasteiger partial charge < -0.3 is 30.9 Å². The van der Waals surface area contributed by atoms with Crippen molar-refractivity contribution in [3.8, 4) is 5.75 Å². The maximum atomic E-state index is 12.4. The molecule has 1 amide bonds. The second-order valence-corrected chi connectivity index (χ2v) is 7.42. The Balaban J connectivity index is 1.57. The highest BCUT2D eigenvalue weighted by atomic mass is 16.5. The minimum Gasteiger partial charge on any atom is -0.534 e. The summed E-state index contributed by atoms with van der Waals surface area (Å²) >= 11 is 0. The lowest BCUT2D eigenvalue weighted by Gasteiger charge is -2.31. The first-order valence-corrected chi connectivity index (χ1v) is 9.30. The fourth-order valence-corrected chi connectivity index (χ4v) is 3.97. The number of fused-ring (bicyclic) bond motifs is 1. The highest BCUT2D eigenvalue weighted by Gasteiger charge is 2.37. The van der Waals surface area contributed by atoms with Gasteiger partial charge >= 0.3 is 7.12 Å². The van der Waals surface area contributed by atoms with Crippen LogP contribution < -0.4 is 15.7 Å². The number of carbonyl (C=O) groups is 1. The Bertz CT molecular complexity index is 634. The highest BCUT2D eigenvalue weighted by Crippen LogP contribution is 2.33. The number of aliphatic hydroxyl groups excluding tert-OH is 1. The summed E-state index contributed by atoms with van der Waals surface area (Å²) in [5.41, 5.74) is 6.65. The monoisotopic (exact) mass is 362 g/mol. The molecule has 2 aliphatic rings. The largest absolute Gasteiger partial charge is 0.547 e. The van der Waals surface area contributed by atoms with Crippen molar-refractivity contribution < 1.29 is 24.7 Å². The van der Waals surface area contributed by atoms with Crippen molar-refractivity contribution >= 4 is 13.0 Å². The molecular weight excluding hydrogens is 335 g/mol. The van der Waals surface area contributed by atoms with Gasteiger partial charge in [0, 0.05) is 12.0 Å². The lowest BCUT2D eigenvalue weighted by Crippen LogP contribution is -2.53. The van der Waals surface area contributed by atoms with Gasteiger partial charge in [-0.25, -0.2) is 0 Å². The van der Waals surface area contributed by atoms with Crippen LogP contribution in [-0.4, -0.2) is 40.7 Å². The molecule has 1 aromatic rings. The molecule has 1 aliphatic carbocycles. The summed E-state index contributed by atoms with van der Waals surface area (Å²) < 4.78 is 5.46. The molecule has 8 heteroatoms. The zero-order chi connectivity index (χ0) is 18.7. The number of rotatable bonds is 5. The standard InChI is InChI=1S/C18H27BN2O5/c20-10-12-6-4-11(5-7-12)8-16(22)21-15-9-13-2-1-3-14(18(23)24)17(13)26-19(15)25/h1-3,11-12,15,18,23-25H,4-10,20H2,(H,21,22)/t11-,12-,15-/m0/s1. The molecule has 1 saturated carbocycles. The van der Waals surface area contributed by atoms with E-state index in [9.17, 15) is 20.0 Å². The zero-order valence-electron chi connectivity index (χ0n) is 14.8. The Kier molecular flexibility index (Phi) is 6.18. The Labute approximate surface area is 153 Å². The van der Waals surface area contributed by atoms with Crippen LogP contribution in [0.1, 0.15) is 49.5 Å². The molecule has 1 atom stereocenters. The molecule has 0 unspecified atom stereocenters. The van der Waals surface area contributed by atoms with Gasteiger partial charge in [-0.05, 0) is 56.0 Å². The zero-order valence-corrected chi connectivity index (χ0v) is 14.8. The molecule has 0 radical (unpaired) electrons. The second-order valence-electron chi connectivity index (χ2n) is 7.42. The van der Waals surface area contributed by atoms with Crippen molar-refractivity contribution in [1.82, 2.24) is 5.32 Å². The topological polar surface area (TPSA) is 125 Å².